The van der Waals surface area contributed by atoms with Crippen molar-refractivity contribution in [2.24, 2.45) is 5.84 Å². The van der Waals surface area contributed by atoms with Crippen LogP contribution < -0.4 is 11.3 Å². The van der Waals surface area contributed by atoms with E-state index in [0.717, 1.165) is 21.9 Å². The molecule has 0 saturated heterocycles. The summed E-state index contributed by atoms with van der Waals surface area (Å²) in [6.07, 6.45) is 0. The molecule has 0 amide bonds. The lowest BCUT2D eigenvalue weighted by Gasteiger charge is -2.18. The van der Waals surface area contributed by atoms with Crippen LogP contribution in [0, 0.1) is 12.7 Å². The Morgan fingerprint density at radius 1 is 0.952 bits per heavy atom. The Morgan fingerprint density at radius 3 is 2.43 bits per heavy atom. The quantitative estimate of drug-likeness (QED) is 0.565. The van der Waals surface area contributed by atoms with Crippen LogP contribution in [0.5, 0.6) is 0 Å². The van der Waals surface area contributed by atoms with Gasteiger partial charge in [-0.3, -0.25) is 5.84 Å². The second kappa shape index (κ2) is 5.64. The SMILES string of the molecule is Cc1ccc(C(NN)c2ccc3ccccc3c2)c(F)c1. The number of aryl methyl sites for hydroxylation is 1. The molecule has 0 bridgehead atoms. The smallest absolute Gasteiger partial charge is 0.128 e. The summed E-state index contributed by atoms with van der Waals surface area (Å²) in [5.74, 6) is 5.43. The molecule has 1 unspecified atom stereocenters. The van der Waals surface area contributed by atoms with Gasteiger partial charge in [-0.25, -0.2) is 9.82 Å². The fourth-order valence-corrected chi connectivity index (χ4v) is 2.62. The summed E-state index contributed by atoms with van der Waals surface area (Å²) >= 11 is 0. The van der Waals surface area contributed by atoms with Crippen molar-refractivity contribution in [3.8, 4) is 0 Å². The van der Waals surface area contributed by atoms with E-state index in [2.05, 4.69) is 11.5 Å². The Bertz CT molecular complexity index is 783. The van der Waals surface area contributed by atoms with E-state index in [4.69, 9.17) is 5.84 Å². The predicted molar refractivity (Wildman–Crippen MR) is 84.3 cm³/mol. The van der Waals surface area contributed by atoms with Gasteiger partial charge in [0, 0.05) is 5.56 Å². The van der Waals surface area contributed by atoms with Gasteiger partial charge < -0.3 is 0 Å². The van der Waals surface area contributed by atoms with Gasteiger partial charge in [0.2, 0.25) is 0 Å². The Morgan fingerprint density at radius 2 is 1.71 bits per heavy atom. The zero-order valence-corrected chi connectivity index (χ0v) is 11.8. The molecular formula is C18H17FN2. The number of nitrogens with one attached hydrogen (secondary N) is 1. The lowest BCUT2D eigenvalue weighted by Crippen LogP contribution is -2.29. The molecule has 3 heteroatoms. The highest BCUT2D eigenvalue weighted by Gasteiger charge is 2.16. The van der Waals surface area contributed by atoms with Crippen molar-refractivity contribution in [2.45, 2.75) is 13.0 Å². The molecule has 0 aliphatic rings. The summed E-state index contributed by atoms with van der Waals surface area (Å²) in [5.41, 5.74) is 5.11. The van der Waals surface area contributed by atoms with Gasteiger partial charge in [-0.05, 0) is 41.0 Å². The highest BCUT2D eigenvalue weighted by atomic mass is 19.1. The van der Waals surface area contributed by atoms with Crippen molar-refractivity contribution >= 4 is 10.8 Å². The minimum atomic E-state index is -0.366. The van der Waals surface area contributed by atoms with Gasteiger partial charge in [-0.15, -0.1) is 0 Å². The number of nitrogens with two attached hydrogens (primary N) is 1. The summed E-state index contributed by atoms with van der Waals surface area (Å²) in [6, 6.07) is 19.0. The average Bonchev–Trinajstić information content (AvgIpc) is 2.50. The van der Waals surface area contributed by atoms with Gasteiger partial charge in [0.25, 0.3) is 0 Å². The van der Waals surface area contributed by atoms with Gasteiger partial charge in [0.15, 0.2) is 0 Å². The van der Waals surface area contributed by atoms with Crippen LogP contribution in [0.2, 0.25) is 0 Å². The summed E-state index contributed by atoms with van der Waals surface area (Å²) in [7, 11) is 0. The van der Waals surface area contributed by atoms with Crippen LogP contribution in [0.25, 0.3) is 10.8 Å². The first-order valence-electron chi connectivity index (χ1n) is 6.90. The summed E-state index contributed by atoms with van der Waals surface area (Å²) in [4.78, 5) is 0. The molecule has 1 atom stereocenters. The van der Waals surface area contributed by atoms with Crippen LogP contribution in [-0.2, 0) is 0 Å². The first kappa shape index (κ1) is 13.7. The molecule has 106 valence electrons. The first-order valence-corrected chi connectivity index (χ1v) is 6.90. The first-order chi connectivity index (χ1) is 10.2. The number of halogens is 1. The molecular weight excluding hydrogens is 263 g/mol. The van der Waals surface area contributed by atoms with E-state index >= 15 is 0 Å². The van der Waals surface area contributed by atoms with Crippen molar-refractivity contribution < 1.29 is 4.39 Å². The molecule has 3 aromatic rings. The third-order valence-corrected chi connectivity index (χ3v) is 3.74. The van der Waals surface area contributed by atoms with Gasteiger partial charge in [-0.2, -0.15) is 0 Å². The Kier molecular flexibility index (Phi) is 3.69. The maximum absolute atomic E-state index is 14.2. The van der Waals surface area contributed by atoms with E-state index in [0.29, 0.717) is 5.56 Å². The van der Waals surface area contributed by atoms with Crippen LogP contribution in [-0.4, -0.2) is 0 Å². The van der Waals surface area contributed by atoms with Gasteiger partial charge >= 0.3 is 0 Å². The molecule has 3 rings (SSSR count). The molecule has 0 aliphatic carbocycles. The summed E-state index contributed by atoms with van der Waals surface area (Å²) in [5, 5.41) is 2.27. The molecule has 0 aromatic heterocycles. The molecule has 0 saturated carbocycles. The molecule has 0 spiro atoms. The summed E-state index contributed by atoms with van der Waals surface area (Å²) in [6.45, 7) is 1.87. The molecule has 0 radical (unpaired) electrons. The minimum absolute atomic E-state index is 0.244. The number of fused-ring (bicyclic) bond motifs is 1. The highest BCUT2D eigenvalue weighted by Crippen LogP contribution is 2.27. The lowest BCUT2D eigenvalue weighted by molar-refractivity contribution is 0.559. The minimum Gasteiger partial charge on any atom is -0.271 e. The van der Waals surface area contributed by atoms with Crippen molar-refractivity contribution in [3.05, 3.63) is 83.2 Å². The molecule has 21 heavy (non-hydrogen) atoms. The Hall–Kier alpha value is -2.23. The van der Waals surface area contributed by atoms with E-state index in [1.54, 1.807) is 6.07 Å². The third kappa shape index (κ3) is 2.66. The van der Waals surface area contributed by atoms with Gasteiger partial charge in [0.05, 0.1) is 6.04 Å². The topological polar surface area (TPSA) is 38.0 Å². The second-order valence-corrected chi connectivity index (χ2v) is 5.23. The van der Waals surface area contributed by atoms with Crippen LogP contribution in [0.4, 0.5) is 4.39 Å². The van der Waals surface area contributed by atoms with Crippen molar-refractivity contribution in [3.63, 3.8) is 0 Å². The molecule has 2 nitrogen and oxygen atoms in total. The van der Waals surface area contributed by atoms with Crippen LogP contribution in [0.15, 0.2) is 60.7 Å². The molecule has 3 N–H and O–H groups in total. The zero-order chi connectivity index (χ0) is 14.8. The van der Waals surface area contributed by atoms with Crippen LogP contribution in [0.3, 0.4) is 0 Å². The maximum Gasteiger partial charge on any atom is 0.128 e. The fourth-order valence-electron chi connectivity index (χ4n) is 2.62. The average molecular weight is 280 g/mol. The van der Waals surface area contributed by atoms with Crippen LogP contribution >= 0.6 is 0 Å². The fraction of sp³-hybridized carbons (Fsp3) is 0.111. The molecule has 0 fully saturated rings. The highest BCUT2D eigenvalue weighted by molar-refractivity contribution is 5.83. The molecule has 3 aromatic carbocycles. The van der Waals surface area contributed by atoms with E-state index in [-0.39, 0.29) is 11.9 Å². The standard InChI is InChI=1S/C18H17FN2/c1-12-6-9-16(17(19)10-12)18(21-20)15-8-7-13-4-2-3-5-14(13)11-15/h2-11,18,21H,20H2,1H3. The van der Waals surface area contributed by atoms with Crippen LogP contribution in [0.1, 0.15) is 22.7 Å². The van der Waals surface area contributed by atoms with Gasteiger partial charge in [-0.1, -0.05) is 48.5 Å². The lowest BCUT2D eigenvalue weighted by atomic mass is 9.95. The second-order valence-electron chi connectivity index (χ2n) is 5.23. The molecule has 0 heterocycles. The Balaban J connectivity index is 2.09. The Labute approximate surface area is 123 Å². The van der Waals surface area contributed by atoms with Crippen molar-refractivity contribution in [2.75, 3.05) is 0 Å². The predicted octanol–water partition coefficient (Wildman–Crippen LogP) is 3.84. The number of hydrogen-bond acceptors (Lipinski definition) is 2. The monoisotopic (exact) mass is 280 g/mol. The normalized spacial score (nSPS) is 12.5. The van der Waals surface area contributed by atoms with Gasteiger partial charge in [0.1, 0.15) is 5.82 Å². The zero-order valence-electron chi connectivity index (χ0n) is 11.8. The number of hydrazine groups is 1. The molecule has 0 aliphatic heterocycles. The van der Waals surface area contributed by atoms with Crippen molar-refractivity contribution in [1.29, 1.82) is 0 Å². The van der Waals surface area contributed by atoms with E-state index in [1.807, 2.05) is 49.4 Å². The third-order valence-electron chi connectivity index (χ3n) is 3.74. The number of benzene rings is 3. The van der Waals surface area contributed by atoms with E-state index in [1.165, 1.54) is 6.07 Å². The van der Waals surface area contributed by atoms with E-state index < -0.39 is 0 Å². The summed E-state index contributed by atoms with van der Waals surface area (Å²) < 4.78 is 14.2. The number of hydrogen-bond donors (Lipinski definition) is 2. The largest absolute Gasteiger partial charge is 0.271 e. The number of rotatable bonds is 3. The van der Waals surface area contributed by atoms with E-state index in [9.17, 15) is 4.39 Å². The van der Waals surface area contributed by atoms with Crippen molar-refractivity contribution in [1.82, 2.24) is 5.43 Å². The maximum atomic E-state index is 14.2.